The Balaban J connectivity index is 2.16. The van der Waals surface area contributed by atoms with Gasteiger partial charge in [0, 0.05) is 17.0 Å². The molecule has 3 unspecified atom stereocenters. The van der Waals surface area contributed by atoms with Crippen molar-refractivity contribution in [3.05, 3.63) is 20.8 Å². The van der Waals surface area contributed by atoms with E-state index in [-0.39, 0.29) is 6.04 Å². The van der Waals surface area contributed by atoms with Gasteiger partial charge in [-0.25, -0.2) is 0 Å². The van der Waals surface area contributed by atoms with Gasteiger partial charge in [-0.2, -0.15) is 0 Å². The first-order chi connectivity index (χ1) is 8.00. The summed E-state index contributed by atoms with van der Waals surface area (Å²) >= 11 is 5.33. The summed E-state index contributed by atoms with van der Waals surface area (Å²) in [6, 6.07) is 5.43. The van der Waals surface area contributed by atoms with Crippen LogP contribution in [0.2, 0.25) is 0 Å². The Labute approximate surface area is 116 Å². The molecule has 4 heteroatoms. The first-order valence-corrected chi connectivity index (χ1v) is 7.84. The van der Waals surface area contributed by atoms with Crippen molar-refractivity contribution in [2.45, 2.75) is 44.8 Å². The lowest BCUT2D eigenvalue weighted by molar-refractivity contribution is 0.152. The molecule has 0 aliphatic heterocycles. The van der Waals surface area contributed by atoms with Crippen LogP contribution >= 0.6 is 27.3 Å². The van der Waals surface area contributed by atoms with Crippen molar-refractivity contribution in [1.82, 2.24) is 4.90 Å². The van der Waals surface area contributed by atoms with Crippen LogP contribution in [0.15, 0.2) is 15.9 Å². The van der Waals surface area contributed by atoms with E-state index in [2.05, 4.69) is 53.9 Å². The summed E-state index contributed by atoms with van der Waals surface area (Å²) in [5.74, 6) is 0.879. The molecule has 1 aliphatic rings. The molecule has 1 aromatic rings. The van der Waals surface area contributed by atoms with Crippen LogP contribution in [0.5, 0.6) is 0 Å². The highest BCUT2D eigenvalue weighted by molar-refractivity contribution is 9.11. The first kappa shape index (κ1) is 13.5. The minimum Gasteiger partial charge on any atom is -0.326 e. The lowest BCUT2D eigenvalue weighted by Gasteiger charge is -2.35. The Morgan fingerprint density at radius 3 is 2.47 bits per heavy atom. The van der Waals surface area contributed by atoms with Crippen molar-refractivity contribution in [1.29, 1.82) is 0 Å². The summed E-state index contributed by atoms with van der Waals surface area (Å²) < 4.78 is 1.19. The highest BCUT2D eigenvalue weighted by Gasteiger charge is 2.35. The molecule has 0 aromatic carbocycles. The van der Waals surface area contributed by atoms with Gasteiger partial charge in [-0.05, 0) is 67.7 Å². The van der Waals surface area contributed by atoms with Crippen molar-refractivity contribution in [2.75, 3.05) is 7.05 Å². The minimum atomic E-state index is 0.159. The third-order valence-corrected chi connectivity index (χ3v) is 5.46. The number of rotatable bonds is 5. The molecule has 0 spiro atoms. The van der Waals surface area contributed by atoms with E-state index < -0.39 is 0 Å². The Kier molecular flexibility index (Phi) is 4.29. The van der Waals surface area contributed by atoms with Gasteiger partial charge in [0.2, 0.25) is 0 Å². The number of nitrogens with two attached hydrogens (primary N) is 1. The lowest BCUT2D eigenvalue weighted by Crippen LogP contribution is -2.42. The zero-order valence-electron chi connectivity index (χ0n) is 10.7. The number of hydrogen-bond acceptors (Lipinski definition) is 3. The minimum absolute atomic E-state index is 0.159. The smallest absolute Gasteiger partial charge is 0.0702 e. The zero-order valence-corrected chi connectivity index (χ0v) is 13.1. The Bertz CT molecular complexity index is 373. The molecular formula is C13H21BrN2S. The van der Waals surface area contributed by atoms with Gasteiger partial charge in [-0.15, -0.1) is 11.3 Å². The molecule has 1 fully saturated rings. The molecule has 0 bridgehead atoms. The quantitative estimate of drug-likeness (QED) is 0.898. The van der Waals surface area contributed by atoms with Crippen molar-refractivity contribution in [2.24, 2.45) is 11.7 Å². The van der Waals surface area contributed by atoms with Crippen molar-refractivity contribution in [3.63, 3.8) is 0 Å². The summed E-state index contributed by atoms with van der Waals surface area (Å²) in [6.07, 6.45) is 2.76. The zero-order chi connectivity index (χ0) is 12.6. The number of halogens is 1. The van der Waals surface area contributed by atoms with E-state index in [9.17, 15) is 0 Å². The maximum atomic E-state index is 6.19. The van der Waals surface area contributed by atoms with Crippen LogP contribution in [0.25, 0.3) is 0 Å². The summed E-state index contributed by atoms with van der Waals surface area (Å²) in [5.41, 5.74) is 6.19. The SMILES string of the molecule is CC(N)C(c1ccc(Br)s1)N(C)C(C)C1CC1. The lowest BCUT2D eigenvalue weighted by atomic mass is 10.0. The Hall–Kier alpha value is 0.1000. The Morgan fingerprint density at radius 2 is 2.06 bits per heavy atom. The molecule has 2 N–H and O–H groups in total. The van der Waals surface area contributed by atoms with Gasteiger partial charge < -0.3 is 5.73 Å². The molecule has 1 aromatic heterocycles. The number of hydrogen-bond donors (Lipinski definition) is 1. The van der Waals surface area contributed by atoms with Crippen LogP contribution in [0.3, 0.4) is 0 Å². The van der Waals surface area contributed by atoms with Crippen LogP contribution in [0.4, 0.5) is 0 Å². The summed E-state index contributed by atoms with van der Waals surface area (Å²) in [7, 11) is 2.21. The predicted molar refractivity (Wildman–Crippen MR) is 78.4 cm³/mol. The van der Waals surface area contributed by atoms with Crippen molar-refractivity contribution >= 4 is 27.3 Å². The molecule has 17 heavy (non-hydrogen) atoms. The maximum Gasteiger partial charge on any atom is 0.0702 e. The van der Waals surface area contributed by atoms with Crippen molar-refractivity contribution in [3.8, 4) is 0 Å². The molecule has 1 saturated carbocycles. The van der Waals surface area contributed by atoms with Gasteiger partial charge in [-0.3, -0.25) is 4.90 Å². The van der Waals surface area contributed by atoms with E-state index in [0.717, 1.165) is 5.92 Å². The second-order valence-corrected chi connectivity index (χ2v) is 7.68. The van der Waals surface area contributed by atoms with Crippen molar-refractivity contribution < 1.29 is 0 Å². The van der Waals surface area contributed by atoms with E-state index >= 15 is 0 Å². The summed E-state index contributed by atoms with van der Waals surface area (Å²) in [6.45, 7) is 4.43. The van der Waals surface area contributed by atoms with Crippen LogP contribution < -0.4 is 5.73 Å². The summed E-state index contributed by atoms with van der Waals surface area (Å²) in [5, 5.41) is 0. The number of nitrogens with zero attached hydrogens (tertiary/aromatic N) is 1. The number of likely N-dealkylation sites (N-methyl/N-ethyl adjacent to an activating group) is 1. The second kappa shape index (κ2) is 5.39. The monoisotopic (exact) mass is 316 g/mol. The largest absolute Gasteiger partial charge is 0.326 e. The third-order valence-electron chi connectivity index (χ3n) is 3.77. The average Bonchev–Trinajstić information content (AvgIpc) is 3.02. The van der Waals surface area contributed by atoms with E-state index in [1.54, 1.807) is 11.3 Å². The normalized spacial score (nSPS) is 21.5. The number of thiophene rings is 1. The van der Waals surface area contributed by atoms with Crippen LogP contribution in [-0.2, 0) is 0 Å². The molecule has 0 amide bonds. The first-order valence-electron chi connectivity index (χ1n) is 6.23. The average molecular weight is 317 g/mol. The fourth-order valence-electron chi connectivity index (χ4n) is 2.48. The second-order valence-electron chi connectivity index (χ2n) is 5.19. The van der Waals surface area contributed by atoms with E-state index in [4.69, 9.17) is 5.73 Å². The molecule has 1 aliphatic carbocycles. The van der Waals surface area contributed by atoms with E-state index in [0.29, 0.717) is 12.1 Å². The topological polar surface area (TPSA) is 29.3 Å². The molecular weight excluding hydrogens is 296 g/mol. The standard InChI is InChI=1S/C13H21BrN2S/c1-8(15)13(11-6-7-12(14)17-11)16(3)9(2)10-4-5-10/h6-10,13H,4-5,15H2,1-3H3. The fourth-order valence-corrected chi connectivity index (χ4v) is 4.17. The van der Waals surface area contributed by atoms with E-state index in [1.807, 2.05) is 0 Å². The highest BCUT2D eigenvalue weighted by atomic mass is 79.9. The molecule has 96 valence electrons. The summed E-state index contributed by atoms with van der Waals surface area (Å²) in [4.78, 5) is 3.82. The van der Waals surface area contributed by atoms with Crippen LogP contribution in [0.1, 0.15) is 37.6 Å². The predicted octanol–water partition coefficient (Wildman–Crippen LogP) is 3.63. The van der Waals surface area contributed by atoms with Crippen LogP contribution in [-0.4, -0.2) is 24.0 Å². The molecule has 3 atom stereocenters. The highest BCUT2D eigenvalue weighted by Crippen LogP contribution is 2.39. The Morgan fingerprint density at radius 1 is 1.41 bits per heavy atom. The van der Waals surface area contributed by atoms with E-state index in [1.165, 1.54) is 21.5 Å². The molecule has 0 saturated heterocycles. The molecule has 0 radical (unpaired) electrons. The third kappa shape index (κ3) is 3.11. The van der Waals surface area contributed by atoms with Gasteiger partial charge in [0.15, 0.2) is 0 Å². The van der Waals surface area contributed by atoms with Gasteiger partial charge in [0.25, 0.3) is 0 Å². The molecule has 2 rings (SSSR count). The maximum absolute atomic E-state index is 6.19. The van der Waals surface area contributed by atoms with Gasteiger partial charge in [0.05, 0.1) is 9.83 Å². The van der Waals surface area contributed by atoms with Gasteiger partial charge in [0.1, 0.15) is 0 Å². The fraction of sp³-hybridized carbons (Fsp3) is 0.692. The van der Waals surface area contributed by atoms with Gasteiger partial charge in [-0.1, -0.05) is 0 Å². The van der Waals surface area contributed by atoms with Gasteiger partial charge >= 0.3 is 0 Å². The van der Waals surface area contributed by atoms with Crippen LogP contribution in [0, 0.1) is 5.92 Å². The molecule has 2 nitrogen and oxygen atoms in total. The molecule has 1 heterocycles.